The van der Waals surface area contributed by atoms with Gasteiger partial charge in [-0.15, -0.1) is 28.1 Å². The largest absolute Gasteiger partial charge is 0.484 e. The molecule has 1 amide bonds. The molecule has 1 aliphatic carbocycles. The minimum atomic E-state index is -0.391. The minimum Gasteiger partial charge on any atom is -0.484 e. The van der Waals surface area contributed by atoms with Crippen molar-refractivity contribution in [2.45, 2.75) is 51.4 Å². The van der Waals surface area contributed by atoms with E-state index in [9.17, 15) is 9.59 Å². The number of benzene rings is 1. The van der Waals surface area contributed by atoms with Gasteiger partial charge in [-0.2, -0.15) is 0 Å². The molecule has 1 unspecified atom stereocenters. The molecule has 1 aliphatic rings. The van der Waals surface area contributed by atoms with Gasteiger partial charge in [-0.05, 0) is 49.8 Å². The first-order valence-corrected chi connectivity index (χ1v) is 14.7. The number of ether oxygens (including phenoxy) is 2. The number of esters is 1. The van der Waals surface area contributed by atoms with Crippen LogP contribution in [0.25, 0.3) is 0 Å². The predicted octanol–water partition coefficient (Wildman–Crippen LogP) is 6.44. The normalized spacial score (nSPS) is 14.6. The van der Waals surface area contributed by atoms with Crippen LogP contribution in [-0.4, -0.2) is 39.0 Å². The summed E-state index contributed by atoms with van der Waals surface area (Å²) >= 11 is 14.9. The maximum absolute atomic E-state index is 12.9. The van der Waals surface area contributed by atoms with Crippen molar-refractivity contribution in [2.24, 2.45) is 5.92 Å². The van der Waals surface area contributed by atoms with Crippen LogP contribution in [0.1, 0.15) is 46.9 Å². The molecule has 38 heavy (non-hydrogen) atoms. The van der Waals surface area contributed by atoms with Crippen molar-refractivity contribution >= 4 is 63.2 Å². The zero-order valence-electron chi connectivity index (χ0n) is 21.1. The van der Waals surface area contributed by atoms with E-state index in [0.717, 1.165) is 29.7 Å². The Hall–Kier alpha value is -2.53. The van der Waals surface area contributed by atoms with Crippen molar-refractivity contribution in [1.82, 2.24) is 14.8 Å². The number of allylic oxidation sites excluding steroid dienone is 1. The number of nitrogens with zero attached hydrogens (tertiary/aromatic N) is 3. The third-order valence-corrected chi connectivity index (χ3v) is 8.62. The van der Waals surface area contributed by atoms with Crippen molar-refractivity contribution in [3.8, 4) is 5.75 Å². The molecule has 2 aromatic heterocycles. The fourth-order valence-corrected chi connectivity index (χ4v) is 6.64. The number of rotatable bonds is 11. The molecule has 0 radical (unpaired) electrons. The molecule has 0 saturated heterocycles. The number of amides is 1. The summed E-state index contributed by atoms with van der Waals surface area (Å²) in [6.45, 7) is 8.59. The standard InChI is InChI=1S/C26H28Cl2N4O4S2/c1-4-10-32-21(13-36-19-12-16(27)7-9-18(19)28)30-31-26(32)37-14-22(33)29-24-23(25(34)35-5-2)17-8-6-15(3)11-20(17)38-24/h4,7,9,12,15H,1,5-6,8,10-11,13-14H2,2-3H3,(H,29,33). The van der Waals surface area contributed by atoms with E-state index in [-0.39, 0.29) is 24.9 Å². The highest BCUT2D eigenvalue weighted by molar-refractivity contribution is 7.99. The predicted molar refractivity (Wildman–Crippen MR) is 152 cm³/mol. The third kappa shape index (κ3) is 6.72. The summed E-state index contributed by atoms with van der Waals surface area (Å²) in [5, 5.41) is 13.4. The van der Waals surface area contributed by atoms with Crippen LogP contribution in [0.15, 0.2) is 36.0 Å². The molecule has 4 rings (SSSR count). The lowest BCUT2D eigenvalue weighted by Crippen LogP contribution is -2.18. The highest BCUT2D eigenvalue weighted by Gasteiger charge is 2.29. The summed E-state index contributed by atoms with van der Waals surface area (Å²) < 4.78 is 12.9. The van der Waals surface area contributed by atoms with E-state index in [1.165, 1.54) is 23.1 Å². The monoisotopic (exact) mass is 594 g/mol. The molecule has 1 aromatic carbocycles. The molecule has 0 bridgehead atoms. The fraction of sp³-hybridized carbons (Fsp3) is 0.385. The number of thioether (sulfide) groups is 1. The van der Waals surface area contributed by atoms with Crippen LogP contribution in [0.5, 0.6) is 5.75 Å². The van der Waals surface area contributed by atoms with Crippen molar-refractivity contribution in [3.05, 3.63) is 62.7 Å². The Morgan fingerprint density at radius 1 is 1.34 bits per heavy atom. The SMILES string of the molecule is C=CCn1c(COc2cc(Cl)ccc2Cl)nnc1SCC(=O)Nc1sc2c(c1C(=O)OCC)CCC(C)C2. The van der Waals surface area contributed by atoms with Gasteiger partial charge in [0.15, 0.2) is 11.0 Å². The molecule has 0 aliphatic heterocycles. The molecule has 1 N–H and O–H groups in total. The van der Waals surface area contributed by atoms with E-state index in [0.29, 0.717) is 49.8 Å². The van der Waals surface area contributed by atoms with E-state index >= 15 is 0 Å². The lowest BCUT2D eigenvalue weighted by atomic mass is 9.88. The Labute approximate surface area is 239 Å². The second-order valence-corrected chi connectivity index (χ2v) is 11.7. The van der Waals surface area contributed by atoms with Gasteiger partial charge in [0.25, 0.3) is 0 Å². The number of hydrogen-bond donors (Lipinski definition) is 1. The van der Waals surface area contributed by atoms with Crippen LogP contribution in [0.4, 0.5) is 5.00 Å². The second-order valence-electron chi connectivity index (χ2n) is 8.77. The van der Waals surface area contributed by atoms with Crippen LogP contribution in [0, 0.1) is 5.92 Å². The van der Waals surface area contributed by atoms with Crippen LogP contribution in [0.3, 0.4) is 0 Å². The number of anilines is 1. The van der Waals surface area contributed by atoms with Gasteiger partial charge in [-0.1, -0.05) is 48.0 Å². The van der Waals surface area contributed by atoms with Gasteiger partial charge >= 0.3 is 5.97 Å². The lowest BCUT2D eigenvalue weighted by Gasteiger charge is -2.18. The van der Waals surface area contributed by atoms with Crippen LogP contribution < -0.4 is 10.1 Å². The Kier molecular flexibility index (Phi) is 9.75. The van der Waals surface area contributed by atoms with E-state index in [1.54, 1.807) is 31.2 Å². The van der Waals surface area contributed by atoms with Crippen molar-refractivity contribution < 1.29 is 19.1 Å². The van der Waals surface area contributed by atoms with Crippen LogP contribution in [-0.2, 0) is 35.5 Å². The van der Waals surface area contributed by atoms with Gasteiger partial charge in [0.1, 0.15) is 17.4 Å². The van der Waals surface area contributed by atoms with Gasteiger partial charge in [0, 0.05) is 22.5 Å². The molecular weight excluding hydrogens is 567 g/mol. The number of carbonyl (C=O) groups excluding carboxylic acids is 2. The molecule has 0 saturated carbocycles. The van der Waals surface area contributed by atoms with Crippen LogP contribution >= 0.6 is 46.3 Å². The molecule has 0 spiro atoms. The first-order valence-electron chi connectivity index (χ1n) is 12.2. The smallest absolute Gasteiger partial charge is 0.341 e. The van der Waals surface area contributed by atoms with Gasteiger partial charge in [0.05, 0.1) is 22.9 Å². The molecule has 3 aromatic rings. The van der Waals surface area contributed by atoms with Gasteiger partial charge in [-0.25, -0.2) is 4.79 Å². The Balaban J connectivity index is 1.44. The number of thiophene rings is 1. The molecular formula is C26H28Cl2N4O4S2. The topological polar surface area (TPSA) is 95.3 Å². The number of aromatic nitrogens is 3. The summed E-state index contributed by atoms with van der Waals surface area (Å²) in [6.07, 6.45) is 4.43. The average molecular weight is 596 g/mol. The zero-order chi connectivity index (χ0) is 27.2. The zero-order valence-corrected chi connectivity index (χ0v) is 24.2. The molecule has 8 nitrogen and oxygen atoms in total. The van der Waals surface area contributed by atoms with E-state index < -0.39 is 5.97 Å². The summed E-state index contributed by atoms with van der Waals surface area (Å²) in [6, 6.07) is 4.97. The first kappa shape index (κ1) is 28.5. The van der Waals surface area contributed by atoms with Crippen molar-refractivity contribution in [2.75, 3.05) is 17.7 Å². The number of fused-ring (bicyclic) bond motifs is 1. The van der Waals surface area contributed by atoms with E-state index in [2.05, 4.69) is 29.0 Å². The molecule has 0 fully saturated rings. The fourth-order valence-electron chi connectivity index (χ4n) is 4.13. The quantitative estimate of drug-likeness (QED) is 0.155. The number of carbonyl (C=O) groups is 2. The highest BCUT2D eigenvalue weighted by atomic mass is 35.5. The molecule has 202 valence electrons. The Morgan fingerprint density at radius 3 is 2.92 bits per heavy atom. The molecule has 1 atom stereocenters. The van der Waals surface area contributed by atoms with Gasteiger partial charge < -0.3 is 14.8 Å². The molecule has 2 heterocycles. The number of halogens is 2. The third-order valence-electron chi connectivity index (χ3n) is 5.93. The molecule has 12 heteroatoms. The van der Waals surface area contributed by atoms with E-state index in [1.807, 2.05) is 4.57 Å². The maximum Gasteiger partial charge on any atom is 0.341 e. The lowest BCUT2D eigenvalue weighted by molar-refractivity contribution is -0.113. The second kappa shape index (κ2) is 13.0. The summed E-state index contributed by atoms with van der Waals surface area (Å²) in [5.74, 6) is 0.971. The number of nitrogens with one attached hydrogen (secondary N) is 1. The Morgan fingerprint density at radius 2 is 2.16 bits per heavy atom. The van der Waals surface area contributed by atoms with Gasteiger partial charge in [-0.3, -0.25) is 9.36 Å². The van der Waals surface area contributed by atoms with Crippen LogP contribution in [0.2, 0.25) is 10.0 Å². The Bertz CT molecular complexity index is 1340. The van der Waals surface area contributed by atoms with E-state index in [4.69, 9.17) is 32.7 Å². The van der Waals surface area contributed by atoms with Crippen molar-refractivity contribution in [1.29, 1.82) is 0 Å². The number of hydrogen-bond acceptors (Lipinski definition) is 8. The maximum atomic E-state index is 12.9. The summed E-state index contributed by atoms with van der Waals surface area (Å²) in [7, 11) is 0. The average Bonchev–Trinajstić information content (AvgIpc) is 3.43. The summed E-state index contributed by atoms with van der Waals surface area (Å²) in [5.41, 5.74) is 1.50. The highest BCUT2D eigenvalue weighted by Crippen LogP contribution is 2.40. The first-order chi connectivity index (χ1) is 18.3. The van der Waals surface area contributed by atoms with Gasteiger partial charge in [0.2, 0.25) is 5.91 Å². The summed E-state index contributed by atoms with van der Waals surface area (Å²) in [4.78, 5) is 26.8. The minimum absolute atomic E-state index is 0.0808. The van der Waals surface area contributed by atoms with Crippen molar-refractivity contribution in [3.63, 3.8) is 0 Å².